The summed E-state index contributed by atoms with van der Waals surface area (Å²) in [6, 6.07) is 13.5. The zero-order valence-corrected chi connectivity index (χ0v) is 19.3. The van der Waals surface area contributed by atoms with E-state index in [1.807, 2.05) is 36.2 Å². The summed E-state index contributed by atoms with van der Waals surface area (Å²) in [6.07, 6.45) is 4.70. The van der Waals surface area contributed by atoms with Gasteiger partial charge in [0.25, 0.3) is 5.91 Å². The molecule has 1 amide bonds. The number of nitrogens with one attached hydrogen (secondary N) is 1. The van der Waals surface area contributed by atoms with E-state index in [9.17, 15) is 9.90 Å². The number of nitrogens with zero attached hydrogens (tertiary/aromatic N) is 3. The highest BCUT2D eigenvalue weighted by Gasteiger charge is 2.08. The van der Waals surface area contributed by atoms with E-state index >= 15 is 0 Å². The number of carbonyl (C=O) groups is 1. The fourth-order valence-electron chi connectivity index (χ4n) is 3.30. The molecule has 172 valence electrons. The highest BCUT2D eigenvalue weighted by atomic mass is 16.5. The molecule has 7 heteroatoms. The molecule has 7 nitrogen and oxygen atoms in total. The van der Waals surface area contributed by atoms with Crippen LogP contribution < -0.4 is 10.2 Å². The van der Waals surface area contributed by atoms with Crippen molar-refractivity contribution in [2.45, 2.75) is 19.4 Å². The van der Waals surface area contributed by atoms with E-state index in [1.165, 1.54) is 11.8 Å². The van der Waals surface area contributed by atoms with Gasteiger partial charge >= 0.3 is 0 Å². The van der Waals surface area contributed by atoms with E-state index in [0.29, 0.717) is 12.0 Å². The minimum absolute atomic E-state index is 0.154. The lowest BCUT2D eigenvalue weighted by Crippen LogP contribution is -2.34. The fraction of sp³-hybridized carbons (Fsp3) is 0.360. The summed E-state index contributed by atoms with van der Waals surface area (Å²) >= 11 is 0. The number of hydrogen-bond acceptors (Lipinski definition) is 6. The normalized spacial score (nSPS) is 11.3. The lowest BCUT2D eigenvalue weighted by Gasteiger charge is -2.20. The number of ether oxygens (including phenoxy) is 1. The Morgan fingerprint density at radius 1 is 1.16 bits per heavy atom. The van der Waals surface area contributed by atoms with Gasteiger partial charge < -0.3 is 14.7 Å². The number of amides is 1. The SMILES string of the molecule is C=CCc1cccc(/C=N/NC(=O)CN(C)CCCN(C)Cc2ccc(OC)cc2)c1O. The molecule has 0 spiro atoms. The first-order valence-electron chi connectivity index (χ1n) is 10.7. The number of hydrogen-bond donors (Lipinski definition) is 2. The molecule has 0 aliphatic heterocycles. The van der Waals surface area contributed by atoms with E-state index in [4.69, 9.17) is 4.74 Å². The van der Waals surface area contributed by atoms with Gasteiger partial charge in [-0.15, -0.1) is 6.58 Å². The number of phenols is 1. The molecule has 0 heterocycles. The fourth-order valence-corrected chi connectivity index (χ4v) is 3.30. The van der Waals surface area contributed by atoms with Crippen molar-refractivity contribution < 1.29 is 14.6 Å². The van der Waals surface area contributed by atoms with Crippen LogP contribution in [0.4, 0.5) is 0 Å². The topological polar surface area (TPSA) is 77.4 Å². The Morgan fingerprint density at radius 2 is 1.88 bits per heavy atom. The van der Waals surface area contributed by atoms with Crippen molar-refractivity contribution in [2.75, 3.05) is 40.8 Å². The lowest BCUT2D eigenvalue weighted by molar-refractivity contribution is -0.121. The number of aromatic hydroxyl groups is 1. The van der Waals surface area contributed by atoms with Gasteiger partial charge in [-0.1, -0.05) is 30.3 Å². The van der Waals surface area contributed by atoms with E-state index < -0.39 is 0 Å². The lowest BCUT2D eigenvalue weighted by atomic mass is 10.1. The first-order chi connectivity index (χ1) is 15.4. The zero-order chi connectivity index (χ0) is 23.3. The van der Waals surface area contributed by atoms with E-state index in [-0.39, 0.29) is 18.2 Å². The summed E-state index contributed by atoms with van der Waals surface area (Å²) in [6.45, 7) is 6.53. The van der Waals surface area contributed by atoms with Crippen molar-refractivity contribution in [1.82, 2.24) is 15.2 Å². The average molecular weight is 439 g/mol. The van der Waals surface area contributed by atoms with Gasteiger partial charge in [0.05, 0.1) is 19.9 Å². The van der Waals surface area contributed by atoms with Crippen LogP contribution in [-0.2, 0) is 17.8 Å². The Balaban J connectivity index is 1.68. The van der Waals surface area contributed by atoms with Gasteiger partial charge in [-0.3, -0.25) is 9.69 Å². The molecule has 0 unspecified atom stereocenters. The van der Waals surface area contributed by atoms with Crippen LogP contribution in [0, 0.1) is 0 Å². The van der Waals surface area contributed by atoms with Crippen LogP contribution in [0.25, 0.3) is 0 Å². The number of methoxy groups -OCH3 is 1. The molecular formula is C25H34N4O3. The molecule has 0 saturated carbocycles. The molecule has 0 aliphatic rings. The molecule has 2 aromatic carbocycles. The predicted molar refractivity (Wildman–Crippen MR) is 129 cm³/mol. The first-order valence-corrected chi connectivity index (χ1v) is 10.7. The molecule has 0 atom stereocenters. The molecular weight excluding hydrogens is 404 g/mol. The molecule has 32 heavy (non-hydrogen) atoms. The van der Waals surface area contributed by atoms with Crippen LogP contribution in [0.15, 0.2) is 60.2 Å². The highest BCUT2D eigenvalue weighted by Crippen LogP contribution is 2.21. The van der Waals surface area contributed by atoms with Crippen molar-refractivity contribution in [3.05, 3.63) is 71.8 Å². The van der Waals surface area contributed by atoms with Crippen molar-refractivity contribution in [2.24, 2.45) is 5.10 Å². The van der Waals surface area contributed by atoms with Crippen LogP contribution in [-0.4, -0.2) is 67.9 Å². The number of para-hydroxylation sites is 1. The number of carbonyl (C=O) groups excluding carboxylic acids is 1. The van der Waals surface area contributed by atoms with Gasteiger partial charge in [0.1, 0.15) is 11.5 Å². The van der Waals surface area contributed by atoms with Crippen molar-refractivity contribution >= 4 is 12.1 Å². The van der Waals surface area contributed by atoms with Gasteiger partial charge in [-0.25, -0.2) is 5.43 Å². The second-order valence-electron chi connectivity index (χ2n) is 7.82. The number of hydrazone groups is 1. The average Bonchev–Trinajstić information content (AvgIpc) is 2.77. The predicted octanol–water partition coefficient (Wildman–Crippen LogP) is 3.03. The molecule has 2 aromatic rings. The van der Waals surface area contributed by atoms with Gasteiger partial charge in [-0.05, 0) is 69.4 Å². The third-order valence-corrected chi connectivity index (χ3v) is 5.01. The maximum absolute atomic E-state index is 12.1. The smallest absolute Gasteiger partial charge is 0.254 e. The Bertz CT molecular complexity index is 897. The van der Waals surface area contributed by atoms with E-state index in [2.05, 4.69) is 41.2 Å². The third-order valence-electron chi connectivity index (χ3n) is 5.01. The maximum atomic E-state index is 12.1. The molecule has 2 rings (SSSR count). The number of rotatable bonds is 13. The summed E-state index contributed by atoms with van der Waals surface area (Å²) < 4.78 is 5.19. The molecule has 0 radical (unpaired) electrons. The highest BCUT2D eigenvalue weighted by molar-refractivity contribution is 5.86. The quantitative estimate of drug-likeness (QED) is 0.286. The number of phenolic OH excluding ortho intramolecular Hbond substituents is 1. The molecule has 0 aromatic heterocycles. The van der Waals surface area contributed by atoms with E-state index in [1.54, 1.807) is 19.3 Å². The van der Waals surface area contributed by atoms with Crippen LogP contribution >= 0.6 is 0 Å². The minimum Gasteiger partial charge on any atom is -0.507 e. The van der Waals surface area contributed by atoms with Gasteiger partial charge in [0.2, 0.25) is 0 Å². The number of allylic oxidation sites excluding steroid dienone is 1. The van der Waals surface area contributed by atoms with Crippen molar-refractivity contribution in [3.63, 3.8) is 0 Å². The molecule has 0 aliphatic carbocycles. The maximum Gasteiger partial charge on any atom is 0.254 e. The van der Waals surface area contributed by atoms with Crippen molar-refractivity contribution in [3.8, 4) is 11.5 Å². The van der Waals surface area contributed by atoms with Crippen LogP contribution in [0.2, 0.25) is 0 Å². The molecule has 0 fully saturated rings. The second kappa shape index (κ2) is 13.3. The Kier molecular flexibility index (Phi) is 10.4. The summed E-state index contributed by atoms with van der Waals surface area (Å²) in [5, 5.41) is 14.2. The van der Waals surface area contributed by atoms with Crippen LogP contribution in [0.3, 0.4) is 0 Å². The first kappa shape index (κ1) is 25.1. The summed E-state index contributed by atoms with van der Waals surface area (Å²) in [5.74, 6) is 0.817. The van der Waals surface area contributed by atoms with Crippen LogP contribution in [0.1, 0.15) is 23.1 Å². The van der Waals surface area contributed by atoms with Gasteiger partial charge in [-0.2, -0.15) is 5.10 Å². The molecule has 0 bridgehead atoms. The Hall–Kier alpha value is -3.16. The Morgan fingerprint density at radius 3 is 2.56 bits per heavy atom. The van der Waals surface area contributed by atoms with Crippen LogP contribution in [0.5, 0.6) is 11.5 Å². The number of benzene rings is 2. The number of likely N-dealkylation sites (N-methyl/N-ethyl adjacent to an activating group) is 1. The van der Waals surface area contributed by atoms with Gasteiger partial charge in [0.15, 0.2) is 0 Å². The molecule has 2 N–H and O–H groups in total. The summed E-state index contributed by atoms with van der Waals surface area (Å²) in [5.41, 5.74) is 5.08. The Labute approximate surface area is 191 Å². The third kappa shape index (κ3) is 8.53. The summed E-state index contributed by atoms with van der Waals surface area (Å²) in [7, 11) is 5.67. The standard InChI is InChI=1S/C25H34N4O3/c1-5-8-21-9-6-10-22(25(21)31)17-26-27-24(30)19-29(3)16-7-15-28(2)18-20-11-13-23(32-4)14-12-20/h5-6,9-14,17,31H,1,7-8,15-16,18-19H2,2-4H3,(H,27,30)/b26-17+. The van der Waals surface area contributed by atoms with Gasteiger partial charge in [0, 0.05) is 12.1 Å². The zero-order valence-electron chi connectivity index (χ0n) is 19.3. The second-order valence-corrected chi connectivity index (χ2v) is 7.82. The summed E-state index contributed by atoms with van der Waals surface area (Å²) in [4.78, 5) is 16.3. The molecule has 0 saturated heterocycles. The van der Waals surface area contributed by atoms with Crippen molar-refractivity contribution in [1.29, 1.82) is 0 Å². The minimum atomic E-state index is -0.197. The van der Waals surface area contributed by atoms with E-state index in [0.717, 1.165) is 37.4 Å². The monoisotopic (exact) mass is 438 g/mol. The largest absolute Gasteiger partial charge is 0.507 e.